The number of aryl methyl sites for hydroxylation is 1. The number of hydrazine groups is 1. The fourth-order valence-electron chi connectivity index (χ4n) is 0.968. The number of halogens is 1. The van der Waals surface area contributed by atoms with Gasteiger partial charge >= 0.3 is 0 Å². The first-order valence-corrected chi connectivity index (χ1v) is 3.39. The van der Waals surface area contributed by atoms with Crippen molar-refractivity contribution in [1.29, 1.82) is 0 Å². The second-order valence-electron chi connectivity index (χ2n) is 2.33. The lowest BCUT2D eigenvalue weighted by Crippen LogP contribution is -2.06. The van der Waals surface area contributed by atoms with Gasteiger partial charge < -0.3 is 10.2 Å². The quantitative estimate of drug-likeness (QED) is 0.549. The largest absolute Gasteiger partial charge is 0.496 e. The molecule has 0 amide bonds. The smallest absolute Gasteiger partial charge is 0.121 e. The highest BCUT2D eigenvalue weighted by molar-refractivity contribution is 5.85. The third-order valence-electron chi connectivity index (χ3n) is 1.56. The van der Waals surface area contributed by atoms with Crippen LogP contribution in [-0.2, 0) is 0 Å². The molecule has 4 heteroatoms. The predicted octanol–water partition coefficient (Wildman–Crippen LogP) is 1.71. The van der Waals surface area contributed by atoms with E-state index in [0.717, 1.165) is 17.0 Å². The van der Waals surface area contributed by atoms with Gasteiger partial charge in [-0.2, -0.15) is 0 Å². The van der Waals surface area contributed by atoms with Crippen LogP contribution in [0.1, 0.15) is 5.56 Å². The summed E-state index contributed by atoms with van der Waals surface area (Å²) in [6.07, 6.45) is 0. The molecule has 0 fully saturated rings. The molecule has 0 atom stereocenters. The summed E-state index contributed by atoms with van der Waals surface area (Å²) in [4.78, 5) is 0. The lowest BCUT2D eigenvalue weighted by molar-refractivity contribution is 0.412. The van der Waals surface area contributed by atoms with Crippen molar-refractivity contribution in [2.45, 2.75) is 6.92 Å². The summed E-state index contributed by atoms with van der Waals surface area (Å²) in [7, 11) is 1.65. The first-order valence-electron chi connectivity index (χ1n) is 3.39. The average molecular weight is 189 g/mol. The van der Waals surface area contributed by atoms with Crippen molar-refractivity contribution < 1.29 is 4.74 Å². The summed E-state index contributed by atoms with van der Waals surface area (Å²) in [5, 5.41) is 0. The van der Waals surface area contributed by atoms with E-state index in [0.29, 0.717) is 0 Å². The molecular formula is C8H13ClN2O. The van der Waals surface area contributed by atoms with Gasteiger partial charge in [0, 0.05) is 5.69 Å². The number of hydrogen-bond acceptors (Lipinski definition) is 3. The lowest BCUT2D eigenvalue weighted by Gasteiger charge is -2.05. The minimum atomic E-state index is 0. The SMILES string of the molecule is COc1ccc(NN)cc1C.Cl. The molecular weight excluding hydrogens is 176 g/mol. The highest BCUT2D eigenvalue weighted by atomic mass is 35.5. The van der Waals surface area contributed by atoms with Crippen LogP contribution in [0.15, 0.2) is 18.2 Å². The number of nitrogens with two attached hydrogens (primary N) is 1. The Hall–Kier alpha value is -0.930. The van der Waals surface area contributed by atoms with Crippen LogP contribution in [0.4, 0.5) is 5.69 Å². The first kappa shape index (κ1) is 11.1. The zero-order valence-corrected chi connectivity index (χ0v) is 7.94. The minimum absolute atomic E-state index is 0. The van der Waals surface area contributed by atoms with Gasteiger partial charge in [0.2, 0.25) is 0 Å². The maximum absolute atomic E-state index is 5.22. The summed E-state index contributed by atoms with van der Waals surface area (Å²) in [5.41, 5.74) is 4.53. The van der Waals surface area contributed by atoms with Crippen LogP contribution in [0.2, 0.25) is 0 Å². The molecule has 1 rings (SSSR count). The van der Waals surface area contributed by atoms with Gasteiger partial charge in [-0.3, -0.25) is 5.84 Å². The van der Waals surface area contributed by atoms with Crippen LogP contribution < -0.4 is 16.0 Å². The molecule has 3 N–H and O–H groups in total. The summed E-state index contributed by atoms with van der Waals surface area (Å²) < 4.78 is 5.08. The number of ether oxygens (including phenoxy) is 1. The molecule has 3 nitrogen and oxygen atoms in total. The number of nitrogens with one attached hydrogen (secondary N) is 1. The second kappa shape index (κ2) is 4.85. The number of nitrogen functional groups attached to an aromatic ring is 1. The van der Waals surface area contributed by atoms with Crippen molar-refractivity contribution in [3.8, 4) is 5.75 Å². The maximum Gasteiger partial charge on any atom is 0.121 e. The fourth-order valence-corrected chi connectivity index (χ4v) is 0.968. The molecule has 0 bridgehead atoms. The Morgan fingerprint density at radius 3 is 2.50 bits per heavy atom. The van der Waals surface area contributed by atoms with Crippen LogP contribution in [0.25, 0.3) is 0 Å². The zero-order valence-electron chi connectivity index (χ0n) is 7.13. The van der Waals surface area contributed by atoms with Gasteiger partial charge in [0.05, 0.1) is 7.11 Å². The molecule has 0 spiro atoms. The van der Waals surface area contributed by atoms with E-state index >= 15 is 0 Å². The maximum atomic E-state index is 5.22. The predicted molar refractivity (Wildman–Crippen MR) is 52.8 cm³/mol. The average Bonchev–Trinajstić information content (AvgIpc) is 2.04. The topological polar surface area (TPSA) is 47.3 Å². The van der Waals surface area contributed by atoms with Crippen molar-refractivity contribution in [1.82, 2.24) is 0 Å². The Morgan fingerprint density at radius 1 is 1.42 bits per heavy atom. The molecule has 12 heavy (non-hydrogen) atoms. The van der Waals surface area contributed by atoms with Gasteiger partial charge in [-0.25, -0.2) is 0 Å². The first-order chi connectivity index (χ1) is 5.27. The van der Waals surface area contributed by atoms with Crippen molar-refractivity contribution in [2.75, 3.05) is 12.5 Å². The van der Waals surface area contributed by atoms with E-state index in [1.807, 2.05) is 25.1 Å². The molecule has 1 aromatic rings. The van der Waals surface area contributed by atoms with Crippen LogP contribution >= 0.6 is 12.4 Å². The third kappa shape index (κ3) is 2.29. The molecule has 0 heterocycles. The Bertz CT molecular complexity index is 253. The Morgan fingerprint density at radius 2 is 2.08 bits per heavy atom. The van der Waals surface area contributed by atoms with E-state index in [1.54, 1.807) is 7.11 Å². The number of anilines is 1. The van der Waals surface area contributed by atoms with Gasteiger partial charge in [0.1, 0.15) is 5.75 Å². The van der Waals surface area contributed by atoms with Crippen LogP contribution in [0.5, 0.6) is 5.75 Å². The highest BCUT2D eigenvalue weighted by Crippen LogP contribution is 2.20. The second-order valence-corrected chi connectivity index (χ2v) is 2.33. The monoisotopic (exact) mass is 188 g/mol. The van der Waals surface area contributed by atoms with E-state index in [9.17, 15) is 0 Å². The van der Waals surface area contributed by atoms with Crippen LogP contribution in [0.3, 0.4) is 0 Å². The van der Waals surface area contributed by atoms with Crippen LogP contribution in [0, 0.1) is 6.92 Å². The summed E-state index contributed by atoms with van der Waals surface area (Å²) in [6, 6.07) is 5.68. The number of methoxy groups -OCH3 is 1. The molecule has 0 aliphatic carbocycles. The molecule has 0 aliphatic heterocycles. The Balaban J connectivity index is 0.00000121. The Labute approximate surface area is 78.3 Å². The molecule has 0 saturated heterocycles. The lowest BCUT2D eigenvalue weighted by atomic mass is 10.2. The standard InChI is InChI=1S/C8H12N2O.ClH/c1-6-5-7(10-9)3-4-8(6)11-2;/h3-5,10H,9H2,1-2H3;1H. The summed E-state index contributed by atoms with van der Waals surface area (Å²) in [6.45, 7) is 1.97. The Kier molecular flexibility index (Phi) is 4.47. The zero-order chi connectivity index (χ0) is 8.27. The van der Waals surface area contributed by atoms with E-state index in [-0.39, 0.29) is 12.4 Å². The number of rotatable bonds is 2. The number of benzene rings is 1. The molecule has 0 unspecified atom stereocenters. The van der Waals surface area contributed by atoms with Gasteiger partial charge in [0.25, 0.3) is 0 Å². The number of hydrogen-bond donors (Lipinski definition) is 2. The van der Waals surface area contributed by atoms with E-state index in [4.69, 9.17) is 10.6 Å². The third-order valence-corrected chi connectivity index (χ3v) is 1.56. The summed E-state index contributed by atoms with van der Waals surface area (Å²) in [5.74, 6) is 6.10. The van der Waals surface area contributed by atoms with Crippen molar-refractivity contribution >= 4 is 18.1 Å². The van der Waals surface area contributed by atoms with E-state index in [1.165, 1.54) is 0 Å². The van der Waals surface area contributed by atoms with E-state index < -0.39 is 0 Å². The molecule has 68 valence electrons. The van der Waals surface area contributed by atoms with E-state index in [2.05, 4.69) is 5.43 Å². The molecule has 0 radical (unpaired) electrons. The van der Waals surface area contributed by atoms with Crippen molar-refractivity contribution in [3.63, 3.8) is 0 Å². The van der Waals surface area contributed by atoms with Gasteiger partial charge in [-0.15, -0.1) is 12.4 Å². The molecule has 0 aliphatic rings. The van der Waals surface area contributed by atoms with Crippen molar-refractivity contribution in [2.24, 2.45) is 5.84 Å². The summed E-state index contributed by atoms with van der Waals surface area (Å²) >= 11 is 0. The van der Waals surface area contributed by atoms with Crippen LogP contribution in [-0.4, -0.2) is 7.11 Å². The molecule has 1 aromatic carbocycles. The minimum Gasteiger partial charge on any atom is -0.496 e. The normalized spacial score (nSPS) is 8.58. The molecule has 0 aromatic heterocycles. The van der Waals surface area contributed by atoms with Crippen molar-refractivity contribution in [3.05, 3.63) is 23.8 Å². The molecule has 0 saturated carbocycles. The van der Waals surface area contributed by atoms with Gasteiger partial charge in [-0.05, 0) is 30.7 Å². The fraction of sp³-hybridized carbons (Fsp3) is 0.250. The highest BCUT2D eigenvalue weighted by Gasteiger charge is 1.96. The van der Waals surface area contributed by atoms with Gasteiger partial charge in [-0.1, -0.05) is 0 Å². The van der Waals surface area contributed by atoms with Gasteiger partial charge in [0.15, 0.2) is 0 Å².